The zero-order chi connectivity index (χ0) is 23.8. The molecule has 0 spiro atoms. The Morgan fingerprint density at radius 3 is 2.21 bits per heavy atom. The lowest BCUT2D eigenvalue weighted by atomic mass is 10.0. The van der Waals surface area contributed by atoms with Crippen molar-refractivity contribution in [2.24, 2.45) is 0 Å². The van der Waals surface area contributed by atoms with Gasteiger partial charge in [0.05, 0.1) is 14.2 Å². The Bertz CT molecular complexity index is 1130. The number of rotatable bonds is 9. The number of ether oxygens (including phenoxy) is 2. The van der Waals surface area contributed by atoms with Gasteiger partial charge in [-0.1, -0.05) is 38.1 Å². The number of para-hydroxylation sites is 1. The third-order valence-electron chi connectivity index (χ3n) is 5.21. The van der Waals surface area contributed by atoms with Gasteiger partial charge in [0.25, 0.3) is 11.8 Å². The number of thiophene rings is 1. The molecule has 0 aliphatic carbocycles. The number of nitrogens with one attached hydrogen (secondary N) is 2. The Morgan fingerprint density at radius 1 is 0.939 bits per heavy atom. The molecule has 1 heterocycles. The van der Waals surface area contributed by atoms with Crippen LogP contribution in [0.25, 0.3) is 6.08 Å². The van der Waals surface area contributed by atoms with Crippen molar-refractivity contribution in [3.8, 4) is 11.5 Å². The molecule has 33 heavy (non-hydrogen) atoms. The minimum absolute atomic E-state index is 0.158. The Morgan fingerprint density at radius 2 is 1.64 bits per heavy atom. The van der Waals surface area contributed by atoms with Crippen LogP contribution >= 0.6 is 11.3 Å². The summed E-state index contributed by atoms with van der Waals surface area (Å²) >= 11 is 1.48. The van der Waals surface area contributed by atoms with Crippen LogP contribution in [0.1, 0.15) is 40.2 Å². The van der Waals surface area contributed by atoms with Crippen molar-refractivity contribution in [2.75, 3.05) is 19.5 Å². The van der Waals surface area contributed by atoms with Crippen LogP contribution < -0.4 is 20.1 Å². The van der Waals surface area contributed by atoms with Crippen molar-refractivity contribution in [1.82, 2.24) is 5.32 Å². The van der Waals surface area contributed by atoms with Crippen molar-refractivity contribution >= 4 is 34.9 Å². The molecular formula is C26H28N2O4S. The molecule has 0 bridgehead atoms. The number of carbonyl (C=O) groups is 2. The Hall–Kier alpha value is -3.58. The number of hydrogen-bond acceptors (Lipinski definition) is 5. The molecule has 7 heteroatoms. The van der Waals surface area contributed by atoms with E-state index < -0.39 is 5.91 Å². The predicted molar refractivity (Wildman–Crippen MR) is 133 cm³/mol. The average Bonchev–Trinajstić information content (AvgIpc) is 3.36. The lowest BCUT2D eigenvalue weighted by molar-refractivity contribution is -0.113. The highest BCUT2D eigenvalue weighted by atomic mass is 32.1. The number of methoxy groups -OCH3 is 2. The van der Waals surface area contributed by atoms with Gasteiger partial charge >= 0.3 is 0 Å². The molecule has 2 amide bonds. The molecule has 6 nitrogen and oxygen atoms in total. The van der Waals surface area contributed by atoms with Crippen LogP contribution in [0.15, 0.2) is 59.6 Å². The second kappa shape index (κ2) is 11.3. The summed E-state index contributed by atoms with van der Waals surface area (Å²) in [6.07, 6.45) is 3.25. The van der Waals surface area contributed by atoms with Gasteiger partial charge in [0, 0.05) is 16.1 Å². The average molecular weight is 465 g/mol. The summed E-state index contributed by atoms with van der Waals surface area (Å²) in [6, 6.07) is 14.6. The van der Waals surface area contributed by atoms with E-state index in [1.165, 1.54) is 25.6 Å². The lowest BCUT2D eigenvalue weighted by Crippen LogP contribution is -2.31. The van der Waals surface area contributed by atoms with E-state index in [9.17, 15) is 9.59 Å². The normalized spacial score (nSPS) is 11.1. The molecule has 2 N–H and O–H groups in total. The van der Waals surface area contributed by atoms with Crippen LogP contribution in [0.5, 0.6) is 11.5 Å². The molecule has 0 aliphatic rings. The summed E-state index contributed by atoms with van der Waals surface area (Å²) in [5.41, 5.74) is 3.39. The molecule has 3 aromatic rings. The topological polar surface area (TPSA) is 76.7 Å². The van der Waals surface area contributed by atoms with Gasteiger partial charge < -0.3 is 20.1 Å². The van der Waals surface area contributed by atoms with Gasteiger partial charge in [0.1, 0.15) is 5.70 Å². The van der Waals surface area contributed by atoms with E-state index in [-0.39, 0.29) is 11.6 Å². The quantitative estimate of drug-likeness (QED) is 0.421. The van der Waals surface area contributed by atoms with Crippen LogP contribution in [-0.4, -0.2) is 26.0 Å². The summed E-state index contributed by atoms with van der Waals surface area (Å²) in [4.78, 5) is 27.2. The maximum atomic E-state index is 13.3. The van der Waals surface area contributed by atoms with Gasteiger partial charge in [-0.2, -0.15) is 0 Å². The number of hydrogen-bond donors (Lipinski definition) is 2. The first-order valence-electron chi connectivity index (χ1n) is 10.7. The van der Waals surface area contributed by atoms with Crippen LogP contribution in [0.3, 0.4) is 0 Å². The van der Waals surface area contributed by atoms with Crippen molar-refractivity contribution in [3.05, 3.63) is 81.2 Å². The minimum Gasteiger partial charge on any atom is -0.493 e. The first kappa shape index (κ1) is 24.1. The highest BCUT2D eigenvalue weighted by Gasteiger charge is 2.19. The van der Waals surface area contributed by atoms with Gasteiger partial charge in [-0.25, -0.2) is 0 Å². The molecule has 0 fully saturated rings. The van der Waals surface area contributed by atoms with Crippen molar-refractivity contribution in [2.45, 2.75) is 26.7 Å². The molecule has 0 aliphatic heterocycles. The largest absolute Gasteiger partial charge is 0.493 e. The highest BCUT2D eigenvalue weighted by molar-refractivity contribution is 7.10. The van der Waals surface area contributed by atoms with Gasteiger partial charge in [0.15, 0.2) is 11.5 Å². The molecule has 172 valence electrons. The molecule has 0 radical (unpaired) electrons. The third-order valence-corrected chi connectivity index (χ3v) is 6.03. The Labute approximate surface area is 198 Å². The van der Waals surface area contributed by atoms with Gasteiger partial charge in [-0.15, -0.1) is 11.3 Å². The van der Waals surface area contributed by atoms with Gasteiger partial charge in [-0.05, 0) is 59.7 Å². The number of carbonyl (C=O) groups excluding carboxylic acids is 2. The molecule has 0 atom stereocenters. The van der Waals surface area contributed by atoms with E-state index in [0.29, 0.717) is 17.1 Å². The third kappa shape index (κ3) is 5.81. The van der Waals surface area contributed by atoms with Crippen LogP contribution in [0.2, 0.25) is 0 Å². The van der Waals surface area contributed by atoms with Crippen LogP contribution in [0.4, 0.5) is 5.69 Å². The first-order chi connectivity index (χ1) is 16.0. The fourth-order valence-corrected chi connectivity index (χ4v) is 4.09. The summed E-state index contributed by atoms with van der Waals surface area (Å²) in [5, 5.41) is 7.72. The van der Waals surface area contributed by atoms with Crippen LogP contribution in [-0.2, 0) is 17.6 Å². The second-order valence-electron chi connectivity index (χ2n) is 7.21. The van der Waals surface area contributed by atoms with E-state index in [2.05, 4.69) is 10.6 Å². The molecule has 1 aromatic heterocycles. The SMILES string of the molecule is CCc1cccc(CC)c1NC(=O)/C(=C/c1cccs1)NC(=O)c1ccc(OC)c(OC)c1. The maximum absolute atomic E-state index is 13.3. The fraction of sp³-hybridized carbons (Fsp3) is 0.231. The van der Waals surface area contributed by atoms with E-state index in [4.69, 9.17) is 9.47 Å². The first-order valence-corrected chi connectivity index (χ1v) is 11.6. The molecule has 0 saturated heterocycles. The van der Waals surface area contributed by atoms with Crippen molar-refractivity contribution in [3.63, 3.8) is 0 Å². The predicted octanol–water partition coefficient (Wildman–Crippen LogP) is 5.30. The molecule has 3 rings (SSSR count). The Balaban J connectivity index is 1.92. The minimum atomic E-state index is -0.423. The number of aryl methyl sites for hydroxylation is 2. The van der Waals surface area contributed by atoms with Gasteiger partial charge in [-0.3, -0.25) is 9.59 Å². The lowest BCUT2D eigenvalue weighted by Gasteiger charge is -2.16. The number of amides is 2. The number of benzene rings is 2. The van der Waals surface area contributed by atoms with Crippen LogP contribution in [0, 0.1) is 0 Å². The van der Waals surface area contributed by atoms with Gasteiger partial charge in [0.2, 0.25) is 0 Å². The highest BCUT2D eigenvalue weighted by Crippen LogP contribution is 2.28. The zero-order valence-corrected chi connectivity index (χ0v) is 20.0. The summed E-state index contributed by atoms with van der Waals surface area (Å²) < 4.78 is 10.5. The standard InChI is InChI=1S/C26H28N2O4S/c1-5-17-9-7-10-18(6-2)24(17)28-26(30)21(16-20-11-8-14-33-20)27-25(29)19-12-13-22(31-3)23(15-19)32-4/h7-16H,5-6H2,1-4H3,(H,27,29)(H,28,30)/b21-16-. The van der Waals surface area contributed by atoms with E-state index in [0.717, 1.165) is 34.5 Å². The zero-order valence-electron chi connectivity index (χ0n) is 19.2. The summed E-state index contributed by atoms with van der Waals surface area (Å²) in [6.45, 7) is 4.09. The number of anilines is 1. The Kier molecular flexibility index (Phi) is 8.27. The van der Waals surface area contributed by atoms with E-state index in [1.807, 2.05) is 49.6 Å². The summed E-state index contributed by atoms with van der Waals surface area (Å²) in [7, 11) is 3.04. The van der Waals surface area contributed by atoms with E-state index >= 15 is 0 Å². The maximum Gasteiger partial charge on any atom is 0.272 e. The monoisotopic (exact) mass is 464 g/mol. The smallest absolute Gasteiger partial charge is 0.272 e. The van der Waals surface area contributed by atoms with Crippen molar-refractivity contribution < 1.29 is 19.1 Å². The summed E-state index contributed by atoms with van der Waals surface area (Å²) in [5.74, 6) is 0.147. The fourth-order valence-electron chi connectivity index (χ4n) is 3.43. The van der Waals surface area contributed by atoms with E-state index in [1.54, 1.807) is 24.3 Å². The second-order valence-corrected chi connectivity index (χ2v) is 8.19. The molecule has 2 aromatic carbocycles. The molecule has 0 unspecified atom stereocenters. The molecular weight excluding hydrogens is 436 g/mol. The van der Waals surface area contributed by atoms with Crippen molar-refractivity contribution in [1.29, 1.82) is 0 Å². The molecule has 0 saturated carbocycles.